The van der Waals surface area contributed by atoms with E-state index in [1.165, 1.54) is 28.0 Å². The summed E-state index contributed by atoms with van der Waals surface area (Å²) in [6, 6.07) is 11.6. The van der Waals surface area contributed by atoms with Gasteiger partial charge in [0.2, 0.25) is 0 Å². The van der Waals surface area contributed by atoms with Crippen LogP contribution in [-0.4, -0.2) is 17.5 Å². The van der Waals surface area contributed by atoms with Gasteiger partial charge in [-0.05, 0) is 56.5 Å². The number of hydrogen-bond acceptors (Lipinski definition) is 4. The molecule has 0 aliphatic rings. The molecule has 0 radical (unpaired) electrons. The highest BCUT2D eigenvalue weighted by molar-refractivity contribution is 7.14. The Labute approximate surface area is 177 Å². The number of carbonyl (C=O) groups excluding carboxylic acids is 1. The normalized spacial score (nSPS) is 10.8. The van der Waals surface area contributed by atoms with E-state index in [9.17, 15) is 4.79 Å². The second-order valence-corrected chi connectivity index (χ2v) is 8.21. The molecule has 1 amide bonds. The molecule has 0 saturated carbocycles. The monoisotopic (exact) mass is 408 g/mol. The number of benzene rings is 2. The van der Waals surface area contributed by atoms with E-state index in [1.807, 2.05) is 17.5 Å². The summed E-state index contributed by atoms with van der Waals surface area (Å²) in [6.45, 7) is 9.12. The van der Waals surface area contributed by atoms with Crippen LogP contribution in [0.15, 0.2) is 41.8 Å². The van der Waals surface area contributed by atoms with Crippen molar-refractivity contribution in [2.45, 2.75) is 47.0 Å². The van der Waals surface area contributed by atoms with Crippen molar-refractivity contribution in [3.8, 4) is 17.0 Å². The van der Waals surface area contributed by atoms with Crippen molar-refractivity contribution >= 4 is 22.4 Å². The Balaban J connectivity index is 1.69. The number of amides is 1. The Bertz CT molecular complexity index is 971. The van der Waals surface area contributed by atoms with Crippen LogP contribution in [0.3, 0.4) is 0 Å². The molecular formula is C24H28N2O2S. The number of nitrogens with one attached hydrogen (secondary N) is 1. The molecule has 0 spiro atoms. The maximum atomic E-state index is 12.7. The topological polar surface area (TPSA) is 51.2 Å². The zero-order valence-corrected chi connectivity index (χ0v) is 18.4. The Kier molecular flexibility index (Phi) is 7.04. The van der Waals surface area contributed by atoms with Gasteiger partial charge in [-0.3, -0.25) is 10.1 Å². The summed E-state index contributed by atoms with van der Waals surface area (Å²) in [4.78, 5) is 17.3. The molecule has 0 saturated heterocycles. The minimum absolute atomic E-state index is 0.178. The van der Waals surface area contributed by atoms with Crippen molar-refractivity contribution in [1.82, 2.24) is 4.98 Å². The SMILES string of the molecule is CCCCCOc1cccc(C(=O)Nc2nc(-c3c(C)cc(C)cc3C)cs2)c1. The summed E-state index contributed by atoms with van der Waals surface area (Å²) in [5.41, 5.74) is 6.22. The zero-order chi connectivity index (χ0) is 20.8. The van der Waals surface area contributed by atoms with Crippen molar-refractivity contribution in [1.29, 1.82) is 0 Å². The van der Waals surface area contributed by atoms with Crippen LogP contribution in [0.1, 0.15) is 53.2 Å². The van der Waals surface area contributed by atoms with Crippen molar-refractivity contribution < 1.29 is 9.53 Å². The van der Waals surface area contributed by atoms with Crippen molar-refractivity contribution in [3.05, 3.63) is 64.0 Å². The van der Waals surface area contributed by atoms with Crippen molar-refractivity contribution in [2.24, 2.45) is 0 Å². The molecule has 3 aromatic rings. The summed E-state index contributed by atoms with van der Waals surface area (Å²) >= 11 is 1.44. The molecule has 4 nitrogen and oxygen atoms in total. The first-order chi connectivity index (χ1) is 14.0. The molecule has 1 N–H and O–H groups in total. The Morgan fingerprint density at radius 2 is 1.86 bits per heavy atom. The number of rotatable bonds is 8. The van der Waals surface area contributed by atoms with Crippen LogP contribution >= 0.6 is 11.3 Å². The van der Waals surface area contributed by atoms with Gasteiger partial charge in [0, 0.05) is 16.5 Å². The van der Waals surface area contributed by atoms with Gasteiger partial charge >= 0.3 is 0 Å². The lowest BCUT2D eigenvalue weighted by Crippen LogP contribution is -2.12. The molecule has 1 heterocycles. The zero-order valence-electron chi connectivity index (χ0n) is 17.5. The number of thiazole rings is 1. The number of carbonyl (C=O) groups is 1. The number of ether oxygens (including phenoxy) is 1. The summed E-state index contributed by atoms with van der Waals surface area (Å²) < 4.78 is 5.75. The average Bonchev–Trinajstić information content (AvgIpc) is 3.12. The van der Waals surface area contributed by atoms with E-state index in [0.717, 1.165) is 36.3 Å². The Hall–Kier alpha value is -2.66. The van der Waals surface area contributed by atoms with Crippen LogP contribution in [0.5, 0.6) is 5.75 Å². The van der Waals surface area contributed by atoms with Crippen LogP contribution in [0.4, 0.5) is 5.13 Å². The predicted octanol–water partition coefficient (Wildman–Crippen LogP) is 6.56. The highest BCUT2D eigenvalue weighted by atomic mass is 32.1. The third-order valence-corrected chi connectivity index (χ3v) is 5.53. The molecule has 0 aliphatic heterocycles. The second kappa shape index (κ2) is 9.70. The van der Waals surface area contributed by atoms with Gasteiger partial charge in [0.15, 0.2) is 5.13 Å². The van der Waals surface area contributed by atoms with E-state index in [4.69, 9.17) is 4.74 Å². The molecule has 0 aliphatic carbocycles. The van der Waals surface area contributed by atoms with Crippen molar-refractivity contribution in [3.63, 3.8) is 0 Å². The standard InChI is InChI=1S/C24H28N2O2S/c1-5-6-7-11-28-20-10-8-9-19(14-20)23(27)26-24-25-21(15-29-24)22-17(3)12-16(2)13-18(22)4/h8-10,12-15H,5-7,11H2,1-4H3,(H,25,26,27). The number of nitrogens with zero attached hydrogens (tertiary/aromatic N) is 1. The minimum atomic E-state index is -0.178. The molecule has 0 bridgehead atoms. The lowest BCUT2D eigenvalue weighted by atomic mass is 9.98. The Morgan fingerprint density at radius 3 is 2.59 bits per heavy atom. The largest absolute Gasteiger partial charge is 0.494 e. The molecule has 2 aromatic carbocycles. The minimum Gasteiger partial charge on any atom is -0.494 e. The lowest BCUT2D eigenvalue weighted by molar-refractivity contribution is 0.102. The highest BCUT2D eigenvalue weighted by Gasteiger charge is 2.13. The average molecular weight is 409 g/mol. The third kappa shape index (κ3) is 5.45. The van der Waals surface area contributed by atoms with Crippen LogP contribution < -0.4 is 10.1 Å². The van der Waals surface area contributed by atoms with Crippen LogP contribution in [0, 0.1) is 20.8 Å². The molecule has 3 rings (SSSR count). The molecule has 1 aromatic heterocycles. The van der Waals surface area contributed by atoms with E-state index in [2.05, 4.69) is 50.1 Å². The number of anilines is 1. The molecule has 0 atom stereocenters. The van der Waals surface area contributed by atoms with Gasteiger partial charge in [0.25, 0.3) is 5.91 Å². The number of aryl methyl sites for hydroxylation is 3. The summed E-state index contributed by atoms with van der Waals surface area (Å²) in [6.07, 6.45) is 3.32. The quantitative estimate of drug-likeness (QED) is 0.430. The van der Waals surface area contributed by atoms with Gasteiger partial charge in [-0.15, -0.1) is 11.3 Å². The summed E-state index contributed by atoms with van der Waals surface area (Å²) in [5.74, 6) is 0.543. The Morgan fingerprint density at radius 1 is 1.10 bits per heavy atom. The van der Waals surface area contributed by atoms with Gasteiger partial charge in [0.05, 0.1) is 12.3 Å². The summed E-state index contributed by atoms with van der Waals surface area (Å²) in [5, 5.41) is 5.50. The van der Waals surface area contributed by atoms with E-state index < -0.39 is 0 Å². The van der Waals surface area contributed by atoms with Gasteiger partial charge in [-0.1, -0.05) is 43.5 Å². The second-order valence-electron chi connectivity index (χ2n) is 7.35. The van der Waals surface area contributed by atoms with Crippen molar-refractivity contribution in [2.75, 3.05) is 11.9 Å². The smallest absolute Gasteiger partial charge is 0.257 e. The van der Waals surface area contributed by atoms with Crippen LogP contribution in [0.25, 0.3) is 11.3 Å². The molecule has 0 unspecified atom stereocenters. The number of unbranched alkanes of at least 4 members (excludes halogenated alkanes) is 2. The summed E-state index contributed by atoms with van der Waals surface area (Å²) in [7, 11) is 0. The van der Waals surface area contributed by atoms with Gasteiger partial charge in [-0.25, -0.2) is 4.98 Å². The molecule has 5 heteroatoms. The van der Waals surface area contributed by atoms with Crippen LogP contribution in [0.2, 0.25) is 0 Å². The first-order valence-corrected chi connectivity index (χ1v) is 10.9. The van der Waals surface area contributed by atoms with Gasteiger partial charge < -0.3 is 4.74 Å². The first kappa shape index (κ1) is 21.1. The fourth-order valence-corrected chi connectivity index (χ4v) is 4.17. The number of hydrogen-bond donors (Lipinski definition) is 1. The fraction of sp³-hybridized carbons (Fsp3) is 0.333. The van der Waals surface area contributed by atoms with Crippen LogP contribution in [-0.2, 0) is 0 Å². The van der Waals surface area contributed by atoms with E-state index in [0.29, 0.717) is 17.3 Å². The van der Waals surface area contributed by atoms with E-state index >= 15 is 0 Å². The van der Waals surface area contributed by atoms with E-state index in [1.54, 1.807) is 12.1 Å². The number of aromatic nitrogens is 1. The first-order valence-electron chi connectivity index (χ1n) is 10.1. The molecule has 152 valence electrons. The lowest BCUT2D eigenvalue weighted by Gasteiger charge is -2.09. The fourth-order valence-electron chi connectivity index (χ4n) is 3.47. The predicted molar refractivity (Wildman–Crippen MR) is 121 cm³/mol. The maximum absolute atomic E-state index is 12.7. The highest BCUT2D eigenvalue weighted by Crippen LogP contribution is 2.31. The van der Waals surface area contributed by atoms with Gasteiger partial charge in [-0.2, -0.15) is 0 Å². The molecular weight excluding hydrogens is 380 g/mol. The van der Waals surface area contributed by atoms with Gasteiger partial charge in [0.1, 0.15) is 5.75 Å². The maximum Gasteiger partial charge on any atom is 0.257 e. The molecule has 0 fully saturated rings. The molecule has 29 heavy (non-hydrogen) atoms. The third-order valence-electron chi connectivity index (χ3n) is 4.77. The van der Waals surface area contributed by atoms with E-state index in [-0.39, 0.29) is 5.91 Å².